The Bertz CT molecular complexity index is 580. The number of nitrogens with one attached hydrogen (secondary N) is 1. The SMILES string of the molecule is O=C(O)CONC(=O)c1ccn(-c2ccccc2)n1. The molecule has 0 fully saturated rings. The Labute approximate surface area is 108 Å². The van der Waals surface area contributed by atoms with Gasteiger partial charge in [0.15, 0.2) is 12.3 Å². The van der Waals surface area contributed by atoms with Gasteiger partial charge in [-0.05, 0) is 18.2 Å². The van der Waals surface area contributed by atoms with Crippen LogP contribution < -0.4 is 5.48 Å². The molecule has 7 heteroatoms. The molecule has 0 saturated carbocycles. The molecule has 0 aliphatic rings. The van der Waals surface area contributed by atoms with E-state index >= 15 is 0 Å². The minimum Gasteiger partial charge on any atom is -0.479 e. The van der Waals surface area contributed by atoms with Crippen LogP contribution in [0.5, 0.6) is 0 Å². The lowest BCUT2D eigenvalue weighted by Crippen LogP contribution is -2.27. The van der Waals surface area contributed by atoms with Crippen LogP contribution in [-0.4, -0.2) is 33.4 Å². The number of hydroxylamine groups is 1. The minimum absolute atomic E-state index is 0.134. The zero-order chi connectivity index (χ0) is 13.7. The van der Waals surface area contributed by atoms with Gasteiger partial charge in [-0.15, -0.1) is 0 Å². The molecule has 0 radical (unpaired) electrons. The van der Waals surface area contributed by atoms with Gasteiger partial charge in [0.2, 0.25) is 0 Å². The number of nitrogens with zero attached hydrogens (tertiary/aromatic N) is 2. The number of hydrogen-bond acceptors (Lipinski definition) is 4. The van der Waals surface area contributed by atoms with Crippen molar-refractivity contribution in [3.63, 3.8) is 0 Å². The van der Waals surface area contributed by atoms with E-state index in [0.29, 0.717) is 0 Å². The molecule has 19 heavy (non-hydrogen) atoms. The first-order chi connectivity index (χ1) is 9.16. The van der Waals surface area contributed by atoms with Crippen molar-refractivity contribution >= 4 is 11.9 Å². The van der Waals surface area contributed by atoms with Crippen LogP contribution in [0.4, 0.5) is 0 Å². The first-order valence-electron chi connectivity index (χ1n) is 5.42. The van der Waals surface area contributed by atoms with Gasteiger partial charge in [0.25, 0.3) is 5.91 Å². The van der Waals surface area contributed by atoms with Gasteiger partial charge in [0.1, 0.15) is 0 Å². The van der Waals surface area contributed by atoms with Crippen molar-refractivity contribution in [3.8, 4) is 5.69 Å². The highest BCUT2D eigenvalue weighted by Gasteiger charge is 2.10. The van der Waals surface area contributed by atoms with Crippen LogP contribution in [0.1, 0.15) is 10.5 Å². The predicted octanol–water partition coefficient (Wildman–Crippen LogP) is 0.618. The van der Waals surface area contributed by atoms with Crippen LogP contribution >= 0.6 is 0 Å². The molecule has 0 aliphatic heterocycles. The zero-order valence-electron chi connectivity index (χ0n) is 9.81. The number of benzene rings is 1. The average Bonchev–Trinajstić information content (AvgIpc) is 2.89. The second kappa shape index (κ2) is 5.78. The Morgan fingerprint density at radius 1 is 1.26 bits per heavy atom. The van der Waals surface area contributed by atoms with E-state index in [9.17, 15) is 9.59 Å². The summed E-state index contributed by atoms with van der Waals surface area (Å²) >= 11 is 0. The second-order valence-corrected chi connectivity index (χ2v) is 3.59. The lowest BCUT2D eigenvalue weighted by atomic mass is 10.3. The molecule has 2 N–H and O–H groups in total. The summed E-state index contributed by atoms with van der Waals surface area (Å²) in [4.78, 5) is 26.3. The van der Waals surface area contributed by atoms with Crippen LogP contribution in [0, 0.1) is 0 Å². The van der Waals surface area contributed by atoms with Gasteiger partial charge >= 0.3 is 5.97 Å². The van der Waals surface area contributed by atoms with E-state index in [1.807, 2.05) is 35.8 Å². The maximum Gasteiger partial charge on any atom is 0.332 e. The normalized spacial score (nSPS) is 10.1. The number of carbonyl (C=O) groups is 2. The van der Waals surface area contributed by atoms with Crippen molar-refractivity contribution in [2.45, 2.75) is 0 Å². The fourth-order valence-electron chi connectivity index (χ4n) is 1.39. The predicted molar refractivity (Wildman–Crippen MR) is 64.6 cm³/mol. The summed E-state index contributed by atoms with van der Waals surface area (Å²) < 4.78 is 1.53. The highest BCUT2D eigenvalue weighted by atomic mass is 16.7. The van der Waals surface area contributed by atoms with Crippen molar-refractivity contribution in [2.75, 3.05) is 6.61 Å². The summed E-state index contributed by atoms with van der Waals surface area (Å²) in [6, 6.07) is 10.8. The van der Waals surface area contributed by atoms with Crippen LogP contribution in [0.25, 0.3) is 5.69 Å². The lowest BCUT2D eigenvalue weighted by molar-refractivity contribution is -0.144. The van der Waals surface area contributed by atoms with Gasteiger partial charge < -0.3 is 5.11 Å². The van der Waals surface area contributed by atoms with Crippen molar-refractivity contribution in [2.24, 2.45) is 0 Å². The highest BCUT2D eigenvalue weighted by molar-refractivity contribution is 5.91. The lowest BCUT2D eigenvalue weighted by Gasteiger charge is -2.01. The van der Waals surface area contributed by atoms with Crippen LogP contribution in [-0.2, 0) is 9.63 Å². The van der Waals surface area contributed by atoms with E-state index in [2.05, 4.69) is 9.94 Å². The number of aliphatic carboxylic acids is 1. The third-order valence-corrected chi connectivity index (χ3v) is 2.20. The molecular formula is C12H11N3O4. The molecule has 0 atom stereocenters. The van der Waals surface area contributed by atoms with Crippen LogP contribution in [0.2, 0.25) is 0 Å². The smallest absolute Gasteiger partial charge is 0.332 e. The number of aromatic nitrogens is 2. The topological polar surface area (TPSA) is 93.5 Å². The number of carbonyl (C=O) groups excluding carboxylic acids is 1. The maximum absolute atomic E-state index is 11.6. The maximum atomic E-state index is 11.6. The summed E-state index contributed by atoms with van der Waals surface area (Å²) in [5.74, 6) is -1.77. The van der Waals surface area contributed by atoms with E-state index in [-0.39, 0.29) is 5.69 Å². The van der Waals surface area contributed by atoms with Gasteiger partial charge in [0, 0.05) is 6.20 Å². The average molecular weight is 261 g/mol. The molecule has 2 rings (SSSR count). The molecular weight excluding hydrogens is 250 g/mol. The monoisotopic (exact) mass is 261 g/mol. The molecule has 1 amide bonds. The molecule has 0 bridgehead atoms. The first kappa shape index (κ1) is 12.8. The molecule has 0 saturated heterocycles. The molecule has 1 heterocycles. The molecule has 2 aromatic rings. The van der Waals surface area contributed by atoms with Crippen molar-refractivity contribution < 1.29 is 19.5 Å². The molecule has 0 aliphatic carbocycles. The Kier molecular flexibility index (Phi) is 3.89. The molecule has 98 valence electrons. The zero-order valence-corrected chi connectivity index (χ0v) is 9.81. The third-order valence-electron chi connectivity index (χ3n) is 2.20. The summed E-state index contributed by atoms with van der Waals surface area (Å²) in [5, 5.41) is 12.4. The Morgan fingerprint density at radius 3 is 2.68 bits per heavy atom. The van der Waals surface area contributed by atoms with Crippen molar-refractivity contribution in [1.82, 2.24) is 15.3 Å². The van der Waals surface area contributed by atoms with E-state index in [4.69, 9.17) is 5.11 Å². The number of hydrogen-bond donors (Lipinski definition) is 2. The molecule has 1 aromatic heterocycles. The van der Waals surface area contributed by atoms with Gasteiger partial charge in [0.05, 0.1) is 5.69 Å². The Balaban J connectivity index is 2.01. The highest BCUT2D eigenvalue weighted by Crippen LogP contribution is 2.06. The van der Waals surface area contributed by atoms with Gasteiger partial charge in [-0.3, -0.25) is 9.63 Å². The summed E-state index contributed by atoms with van der Waals surface area (Å²) in [7, 11) is 0. The van der Waals surface area contributed by atoms with Crippen molar-refractivity contribution in [1.29, 1.82) is 0 Å². The van der Waals surface area contributed by atoms with Gasteiger partial charge in [-0.2, -0.15) is 5.10 Å². The Morgan fingerprint density at radius 2 is 2.00 bits per heavy atom. The number of rotatable bonds is 5. The minimum atomic E-state index is -1.17. The number of para-hydroxylation sites is 1. The summed E-state index contributed by atoms with van der Waals surface area (Å²) in [5.41, 5.74) is 2.95. The van der Waals surface area contributed by atoms with E-state index in [0.717, 1.165) is 5.69 Å². The molecule has 7 nitrogen and oxygen atoms in total. The van der Waals surface area contributed by atoms with Crippen molar-refractivity contribution in [3.05, 3.63) is 48.3 Å². The van der Waals surface area contributed by atoms with E-state index in [1.54, 1.807) is 6.20 Å². The first-order valence-corrected chi connectivity index (χ1v) is 5.42. The number of amides is 1. The second-order valence-electron chi connectivity index (χ2n) is 3.59. The summed E-state index contributed by atoms with van der Waals surface area (Å²) in [6.07, 6.45) is 1.63. The van der Waals surface area contributed by atoms with Crippen LogP contribution in [0.15, 0.2) is 42.6 Å². The fourth-order valence-corrected chi connectivity index (χ4v) is 1.39. The fraction of sp³-hybridized carbons (Fsp3) is 0.0833. The number of carboxylic acids is 1. The molecule has 0 unspecified atom stereocenters. The summed E-state index contributed by atoms with van der Waals surface area (Å²) in [6.45, 7) is -0.606. The standard InChI is InChI=1S/C12H11N3O4/c16-11(17)8-19-14-12(18)10-6-7-15(13-10)9-4-2-1-3-5-9/h1-7H,8H2,(H,14,18)(H,16,17). The van der Waals surface area contributed by atoms with E-state index < -0.39 is 18.5 Å². The molecule has 1 aromatic carbocycles. The molecule has 0 spiro atoms. The largest absolute Gasteiger partial charge is 0.479 e. The number of carboxylic acid groups (broad SMARTS) is 1. The van der Waals surface area contributed by atoms with Crippen LogP contribution in [0.3, 0.4) is 0 Å². The Hall–Kier alpha value is -2.67. The van der Waals surface area contributed by atoms with Gasteiger partial charge in [-0.1, -0.05) is 18.2 Å². The van der Waals surface area contributed by atoms with Gasteiger partial charge in [-0.25, -0.2) is 15.0 Å². The van der Waals surface area contributed by atoms with E-state index in [1.165, 1.54) is 10.7 Å². The quantitative estimate of drug-likeness (QED) is 0.769. The third kappa shape index (κ3) is 3.39.